The number of aliphatic hydroxyl groups excluding tert-OH is 1. The van der Waals surface area contributed by atoms with Crippen molar-refractivity contribution < 1.29 is 5.11 Å². The first-order valence-electron chi connectivity index (χ1n) is 5.60. The van der Waals surface area contributed by atoms with E-state index in [0.717, 1.165) is 25.1 Å². The number of hydrogen-bond donors (Lipinski definition) is 3. The second-order valence-corrected chi connectivity index (χ2v) is 4.52. The molecule has 0 bridgehead atoms. The molecule has 1 aliphatic rings. The van der Waals surface area contributed by atoms with Gasteiger partial charge in [-0.3, -0.25) is 5.10 Å². The van der Waals surface area contributed by atoms with E-state index in [2.05, 4.69) is 15.5 Å². The Morgan fingerprint density at radius 3 is 2.80 bits per heavy atom. The van der Waals surface area contributed by atoms with Gasteiger partial charge in [0, 0.05) is 23.3 Å². The normalized spacial score (nSPS) is 19.6. The summed E-state index contributed by atoms with van der Waals surface area (Å²) in [5, 5.41) is 19.8. The third-order valence-corrected chi connectivity index (χ3v) is 3.45. The summed E-state index contributed by atoms with van der Waals surface area (Å²) in [5.41, 5.74) is 2.26. The van der Waals surface area contributed by atoms with E-state index in [4.69, 9.17) is 0 Å². The van der Waals surface area contributed by atoms with Crippen LogP contribution in [0.5, 0.6) is 0 Å². The van der Waals surface area contributed by atoms with Gasteiger partial charge in [-0.05, 0) is 19.8 Å². The number of H-pyrrole nitrogens is 1. The summed E-state index contributed by atoms with van der Waals surface area (Å²) < 4.78 is 0. The molecule has 1 saturated carbocycles. The summed E-state index contributed by atoms with van der Waals surface area (Å²) >= 11 is 0. The highest BCUT2D eigenvalue weighted by atomic mass is 16.3. The van der Waals surface area contributed by atoms with Crippen molar-refractivity contribution in [1.29, 1.82) is 0 Å². The van der Waals surface area contributed by atoms with Gasteiger partial charge in [0.2, 0.25) is 0 Å². The Bertz CT molecular complexity index is 315. The van der Waals surface area contributed by atoms with Gasteiger partial charge in [-0.25, -0.2) is 0 Å². The average molecular weight is 209 g/mol. The summed E-state index contributed by atoms with van der Waals surface area (Å²) in [6, 6.07) is 0. The molecule has 2 rings (SSSR count). The molecule has 0 unspecified atom stereocenters. The molecular weight excluding hydrogens is 190 g/mol. The quantitative estimate of drug-likeness (QED) is 0.696. The Labute approximate surface area is 90.1 Å². The van der Waals surface area contributed by atoms with E-state index >= 15 is 0 Å². The molecule has 1 fully saturated rings. The minimum absolute atomic E-state index is 0.0380. The number of aromatic amines is 1. The van der Waals surface area contributed by atoms with E-state index in [-0.39, 0.29) is 12.1 Å². The van der Waals surface area contributed by atoms with E-state index in [0.29, 0.717) is 0 Å². The molecule has 1 heterocycles. The molecule has 4 heteroatoms. The molecule has 1 aromatic rings. The van der Waals surface area contributed by atoms with Gasteiger partial charge in [0.15, 0.2) is 0 Å². The number of nitrogens with zero attached hydrogens (tertiary/aromatic N) is 1. The van der Waals surface area contributed by atoms with Crippen molar-refractivity contribution in [3.8, 4) is 0 Å². The topological polar surface area (TPSA) is 60.9 Å². The van der Waals surface area contributed by atoms with Gasteiger partial charge in [-0.15, -0.1) is 0 Å². The van der Waals surface area contributed by atoms with E-state index in [1.807, 2.05) is 13.1 Å². The van der Waals surface area contributed by atoms with Gasteiger partial charge < -0.3 is 10.4 Å². The van der Waals surface area contributed by atoms with Crippen molar-refractivity contribution in [2.75, 3.05) is 6.61 Å². The van der Waals surface area contributed by atoms with Crippen molar-refractivity contribution in [3.63, 3.8) is 0 Å². The predicted molar refractivity (Wildman–Crippen MR) is 58.4 cm³/mol. The molecule has 84 valence electrons. The van der Waals surface area contributed by atoms with Gasteiger partial charge >= 0.3 is 0 Å². The molecule has 0 radical (unpaired) electrons. The average Bonchev–Trinajstić information content (AvgIpc) is 2.85. The number of aryl methyl sites for hydroxylation is 1. The Hall–Kier alpha value is -0.870. The van der Waals surface area contributed by atoms with Crippen molar-refractivity contribution in [2.24, 2.45) is 0 Å². The molecule has 0 aromatic carbocycles. The fourth-order valence-corrected chi connectivity index (χ4v) is 2.28. The zero-order chi connectivity index (χ0) is 10.7. The zero-order valence-corrected chi connectivity index (χ0v) is 9.21. The van der Waals surface area contributed by atoms with Crippen LogP contribution in [0.2, 0.25) is 0 Å². The maximum atomic E-state index is 9.43. The van der Waals surface area contributed by atoms with Crippen LogP contribution >= 0.6 is 0 Å². The molecule has 0 aliphatic heterocycles. The van der Waals surface area contributed by atoms with Crippen LogP contribution in [0, 0.1) is 6.92 Å². The van der Waals surface area contributed by atoms with Crippen LogP contribution in [0.3, 0.4) is 0 Å². The monoisotopic (exact) mass is 209 g/mol. The number of rotatable bonds is 4. The number of nitrogens with one attached hydrogen (secondary N) is 2. The van der Waals surface area contributed by atoms with E-state index in [1.165, 1.54) is 18.4 Å². The maximum absolute atomic E-state index is 9.43. The molecule has 15 heavy (non-hydrogen) atoms. The first-order valence-corrected chi connectivity index (χ1v) is 5.60. The Balaban J connectivity index is 1.94. The van der Waals surface area contributed by atoms with E-state index < -0.39 is 0 Å². The lowest BCUT2D eigenvalue weighted by atomic mass is 9.98. The number of aromatic nitrogens is 2. The van der Waals surface area contributed by atoms with Gasteiger partial charge in [0.05, 0.1) is 12.8 Å². The first kappa shape index (κ1) is 10.6. The largest absolute Gasteiger partial charge is 0.394 e. The van der Waals surface area contributed by atoms with Gasteiger partial charge in [-0.2, -0.15) is 5.10 Å². The number of hydrogen-bond acceptors (Lipinski definition) is 3. The van der Waals surface area contributed by atoms with Crippen LogP contribution in [0.1, 0.15) is 36.9 Å². The second-order valence-electron chi connectivity index (χ2n) is 4.52. The van der Waals surface area contributed by atoms with Gasteiger partial charge in [-0.1, -0.05) is 12.8 Å². The van der Waals surface area contributed by atoms with Crippen LogP contribution in [0.4, 0.5) is 0 Å². The van der Waals surface area contributed by atoms with Crippen molar-refractivity contribution >= 4 is 0 Å². The van der Waals surface area contributed by atoms with E-state index in [1.54, 1.807) is 0 Å². The summed E-state index contributed by atoms with van der Waals surface area (Å²) in [4.78, 5) is 0. The number of aliphatic hydroxyl groups is 1. The van der Waals surface area contributed by atoms with Crippen LogP contribution in [0.15, 0.2) is 6.20 Å². The van der Waals surface area contributed by atoms with Gasteiger partial charge in [0.1, 0.15) is 0 Å². The van der Waals surface area contributed by atoms with Crippen LogP contribution in [0.25, 0.3) is 0 Å². The first-order chi connectivity index (χ1) is 7.26. The second kappa shape index (κ2) is 4.33. The molecule has 0 atom stereocenters. The molecule has 1 aliphatic carbocycles. The third-order valence-electron chi connectivity index (χ3n) is 3.45. The molecule has 1 aromatic heterocycles. The van der Waals surface area contributed by atoms with Crippen LogP contribution < -0.4 is 5.32 Å². The van der Waals surface area contributed by atoms with Crippen LogP contribution in [-0.2, 0) is 6.54 Å². The highest BCUT2D eigenvalue weighted by Crippen LogP contribution is 2.29. The molecule has 0 amide bonds. The molecule has 0 spiro atoms. The Kier molecular flexibility index (Phi) is 3.07. The van der Waals surface area contributed by atoms with Gasteiger partial charge in [0.25, 0.3) is 0 Å². The smallest absolute Gasteiger partial charge is 0.0613 e. The predicted octanol–water partition coefficient (Wildman–Crippen LogP) is 1.11. The van der Waals surface area contributed by atoms with E-state index in [9.17, 15) is 5.11 Å². The van der Waals surface area contributed by atoms with Crippen molar-refractivity contribution in [2.45, 2.75) is 44.7 Å². The Morgan fingerprint density at radius 2 is 2.27 bits per heavy atom. The summed E-state index contributed by atoms with van der Waals surface area (Å²) in [5.74, 6) is 0. The summed E-state index contributed by atoms with van der Waals surface area (Å²) in [6.45, 7) is 3.05. The highest BCUT2D eigenvalue weighted by molar-refractivity contribution is 5.14. The standard InChI is InChI=1S/C11H19N3O/c1-9-10(7-13-14-9)6-12-11(8-15)4-2-3-5-11/h7,12,15H,2-6,8H2,1H3,(H,13,14). The third kappa shape index (κ3) is 2.21. The highest BCUT2D eigenvalue weighted by Gasteiger charge is 2.32. The Morgan fingerprint density at radius 1 is 1.53 bits per heavy atom. The fourth-order valence-electron chi connectivity index (χ4n) is 2.28. The van der Waals surface area contributed by atoms with Crippen molar-refractivity contribution in [1.82, 2.24) is 15.5 Å². The molecule has 0 saturated heterocycles. The molecular formula is C11H19N3O. The summed E-state index contributed by atoms with van der Waals surface area (Å²) in [6.07, 6.45) is 6.46. The lowest BCUT2D eigenvalue weighted by molar-refractivity contribution is 0.163. The minimum Gasteiger partial charge on any atom is -0.394 e. The van der Waals surface area contributed by atoms with Crippen LogP contribution in [-0.4, -0.2) is 27.4 Å². The summed E-state index contributed by atoms with van der Waals surface area (Å²) in [7, 11) is 0. The lowest BCUT2D eigenvalue weighted by Crippen LogP contribution is -2.45. The zero-order valence-electron chi connectivity index (χ0n) is 9.21. The molecule has 3 N–H and O–H groups in total. The minimum atomic E-state index is -0.0380. The maximum Gasteiger partial charge on any atom is 0.0613 e. The van der Waals surface area contributed by atoms with Crippen molar-refractivity contribution in [3.05, 3.63) is 17.5 Å². The SMILES string of the molecule is Cc1[nH]ncc1CNC1(CO)CCCC1. The fraction of sp³-hybridized carbons (Fsp3) is 0.727. The molecule has 4 nitrogen and oxygen atoms in total. The lowest BCUT2D eigenvalue weighted by Gasteiger charge is -2.28.